The Morgan fingerprint density at radius 1 is 1.40 bits per heavy atom. The second-order valence-electron chi connectivity index (χ2n) is 4.77. The highest BCUT2D eigenvalue weighted by Crippen LogP contribution is 2.21. The van der Waals surface area contributed by atoms with Crippen molar-refractivity contribution in [1.29, 1.82) is 5.41 Å². The summed E-state index contributed by atoms with van der Waals surface area (Å²) >= 11 is 1.75. The Kier molecular flexibility index (Phi) is 4.34. The van der Waals surface area contributed by atoms with Crippen LogP contribution in [-0.2, 0) is 6.42 Å². The van der Waals surface area contributed by atoms with Crippen molar-refractivity contribution < 1.29 is 0 Å². The monoisotopic (exact) mass is 289 g/mol. The number of aromatic nitrogens is 2. The van der Waals surface area contributed by atoms with E-state index in [-0.39, 0.29) is 5.84 Å². The summed E-state index contributed by atoms with van der Waals surface area (Å²) in [7, 11) is 1.96. The van der Waals surface area contributed by atoms with Crippen molar-refractivity contribution in [3.05, 3.63) is 39.2 Å². The van der Waals surface area contributed by atoms with Crippen LogP contribution in [0.5, 0.6) is 0 Å². The molecule has 0 aliphatic carbocycles. The van der Waals surface area contributed by atoms with Gasteiger partial charge in [0.15, 0.2) is 5.82 Å². The predicted octanol–water partition coefficient (Wildman–Crippen LogP) is 2.12. The maximum absolute atomic E-state index is 7.76. The number of nitrogens with one attached hydrogen (secondary N) is 1. The molecule has 0 saturated heterocycles. The van der Waals surface area contributed by atoms with E-state index in [1.54, 1.807) is 11.3 Å². The van der Waals surface area contributed by atoms with Crippen molar-refractivity contribution in [2.24, 2.45) is 5.73 Å². The van der Waals surface area contributed by atoms with Crippen LogP contribution in [0.2, 0.25) is 0 Å². The molecule has 2 aromatic heterocycles. The van der Waals surface area contributed by atoms with Crippen LogP contribution in [0.4, 0.5) is 5.82 Å². The van der Waals surface area contributed by atoms with Gasteiger partial charge in [0.2, 0.25) is 0 Å². The Bertz CT molecular complexity index is 606. The van der Waals surface area contributed by atoms with Crippen LogP contribution >= 0.6 is 11.3 Å². The van der Waals surface area contributed by atoms with Crippen LogP contribution in [-0.4, -0.2) is 29.6 Å². The van der Waals surface area contributed by atoms with Crippen LogP contribution in [0.15, 0.2) is 17.5 Å². The van der Waals surface area contributed by atoms with Gasteiger partial charge < -0.3 is 10.6 Å². The Morgan fingerprint density at radius 3 is 2.75 bits per heavy atom. The molecule has 106 valence electrons. The van der Waals surface area contributed by atoms with Crippen molar-refractivity contribution in [2.45, 2.75) is 20.3 Å². The van der Waals surface area contributed by atoms with Crippen LogP contribution in [0, 0.1) is 19.3 Å². The summed E-state index contributed by atoms with van der Waals surface area (Å²) < 4.78 is 0. The molecular formula is C14H19N5S. The number of anilines is 1. The van der Waals surface area contributed by atoms with E-state index in [9.17, 15) is 0 Å². The average molecular weight is 289 g/mol. The molecule has 0 spiro atoms. The van der Waals surface area contributed by atoms with Gasteiger partial charge in [0.05, 0.1) is 11.3 Å². The molecule has 0 unspecified atom stereocenters. The van der Waals surface area contributed by atoms with E-state index >= 15 is 0 Å². The molecule has 2 rings (SSSR count). The Labute approximate surface area is 123 Å². The topological polar surface area (TPSA) is 78.9 Å². The summed E-state index contributed by atoms with van der Waals surface area (Å²) in [5, 5.41) is 18.2. The van der Waals surface area contributed by atoms with Crippen molar-refractivity contribution in [3.8, 4) is 0 Å². The molecule has 2 heterocycles. The normalized spacial score (nSPS) is 10.6. The highest BCUT2D eigenvalue weighted by molar-refractivity contribution is 7.09. The van der Waals surface area contributed by atoms with E-state index in [1.165, 1.54) is 4.88 Å². The first-order valence-electron chi connectivity index (χ1n) is 6.42. The molecule has 6 heteroatoms. The molecule has 0 bridgehead atoms. The third-order valence-corrected chi connectivity index (χ3v) is 4.28. The fraction of sp³-hybridized carbons (Fsp3) is 0.357. The molecule has 0 atom stereocenters. The number of thiophene rings is 1. The molecule has 0 aromatic carbocycles. The summed E-state index contributed by atoms with van der Waals surface area (Å²) in [6.45, 7) is 4.62. The van der Waals surface area contributed by atoms with E-state index in [0.29, 0.717) is 11.4 Å². The Balaban J connectivity index is 2.23. The number of rotatable bonds is 5. The number of nitrogens with zero attached hydrogens (tertiary/aromatic N) is 3. The van der Waals surface area contributed by atoms with Crippen molar-refractivity contribution in [2.75, 3.05) is 18.5 Å². The van der Waals surface area contributed by atoms with E-state index in [1.807, 2.05) is 25.8 Å². The number of likely N-dealkylation sites (N-methyl/N-ethyl adjacent to an activating group) is 1. The third kappa shape index (κ3) is 2.96. The van der Waals surface area contributed by atoms with Gasteiger partial charge in [-0.1, -0.05) is 6.07 Å². The molecule has 2 aromatic rings. The average Bonchev–Trinajstić information content (AvgIpc) is 2.91. The highest BCUT2D eigenvalue weighted by atomic mass is 32.1. The van der Waals surface area contributed by atoms with Crippen molar-refractivity contribution in [3.63, 3.8) is 0 Å². The highest BCUT2D eigenvalue weighted by Gasteiger charge is 2.17. The fourth-order valence-corrected chi connectivity index (χ4v) is 2.72. The summed E-state index contributed by atoms with van der Waals surface area (Å²) in [4.78, 5) is 3.34. The van der Waals surface area contributed by atoms with Crippen LogP contribution in [0.25, 0.3) is 0 Å². The maximum Gasteiger partial charge on any atom is 0.162 e. The minimum Gasteiger partial charge on any atom is -0.384 e. The number of hydrogen-bond donors (Lipinski definition) is 2. The Hall–Kier alpha value is -1.95. The van der Waals surface area contributed by atoms with Gasteiger partial charge in [-0.15, -0.1) is 16.4 Å². The second kappa shape index (κ2) is 6.00. The molecule has 3 N–H and O–H groups in total. The number of hydrogen-bond acceptors (Lipinski definition) is 5. The van der Waals surface area contributed by atoms with Crippen LogP contribution < -0.4 is 10.6 Å². The SMILES string of the molecule is Cc1nnc(N(C)CCc2cccs2)c(C(=N)N)c1C. The van der Waals surface area contributed by atoms with E-state index in [2.05, 4.69) is 27.7 Å². The summed E-state index contributed by atoms with van der Waals surface area (Å²) in [5.41, 5.74) is 8.12. The largest absolute Gasteiger partial charge is 0.384 e. The maximum atomic E-state index is 7.76. The number of aryl methyl sites for hydroxylation is 1. The summed E-state index contributed by atoms with van der Waals surface area (Å²) in [6, 6.07) is 4.17. The number of amidine groups is 1. The summed E-state index contributed by atoms with van der Waals surface area (Å²) in [6.07, 6.45) is 0.945. The van der Waals surface area contributed by atoms with Crippen molar-refractivity contribution in [1.82, 2.24) is 10.2 Å². The lowest BCUT2D eigenvalue weighted by atomic mass is 10.1. The molecular weight excluding hydrogens is 270 g/mol. The molecule has 0 saturated carbocycles. The van der Waals surface area contributed by atoms with Gasteiger partial charge in [-0.2, -0.15) is 5.10 Å². The second-order valence-corrected chi connectivity index (χ2v) is 5.81. The summed E-state index contributed by atoms with van der Waals surface area (Å²) in [5.74, 6) is 0.718. The molecule has 0 fully saturated rings. The predicted molar refractivity (Wildman–Crippen MR) is 83.8 cm³/mol. The third-order valence-electron chi connectivity index (χ3n) is 3.34. The lowest BCUT2D eigenvalue weighted by Gasteiger charge is -2.21. The molecule has 5 nitrogen and oxygen atoms in total. The first-order valence-corrected chi connectivity index (χ1v) is 7.30. The van der Waals surface area contributed by atoms with Gasteiger partial charge in [-0.3, -0.25) is 5.41 Å². The van der Waals surface area contributed by atoms with Crippen molar-refractivity contribution >= 4 is 23.0 Å². The van der Waals surface area contributed by atoms with Gasteiger partial charge in [0, 0.05) is 18.5 Å². The van der Waals surface area contributed by atoms with Crippen LogP contribution in [0.3, 0.4) is 0 Å². The van der Waals surface area contributed by atoms with Crippen LogP contribution in [0.1, 0.15) is 21.7 Å². The zero-order valence-electron chi connectivity index (χ0n) is 12.0. The van der Waals surface area contributed by atoms with Gasteiger partial charge >= 0.3 is 0 Å². The van der Waals surface area contributed by atoms with Gasteiger partial charge in [-0.25, -0.2) is 0 Å². The molecule has 0 amide bonds. The Morgan fingerprint density at radius 2 is 2.15 bits per heavy atom. The lowest BCUT2D eigenvalue weighted by Crippen LogP contribution is -2.27. The minimum atomic E-state index is 0.0403. The fourth-order valence-electron chi connectivity index (χ4n) is 2.02. The van der Waals surface area contributed by atoms with Gasteiger partial charge in [0.25, 0.3) is 0 Å². The van der Waals surface area contributed by atoms with Gasteiger partial charge in [-0.05, 0) is 37.3 Å². The van der Waals surface area contributed by atoms with E-state index in [0.717, 1.165) is 24.2 Å². The first kappa shape index (κ1) is 14.5. The number of nitrogen functional groups attached to an aromatic ring is 1. The smallest absolute Gasteiger partial charge is 0.162 e. The first-order chi connectivity index (χ1) is 9.50. The minimum absolute atomic E-state index is 0.0403. The molecule has 0 aliphatic heterocycles. The number of nitrogens with two attached hydrogens (primary N) is 1. The zero-order chi connectivity index (χ0) is 14.7. The standard InChI is InChI=1S/C14H19N5S/c1-9-10(2)17-18-14(12(9)13(15)16)19(3)7-6-11-5-4-8-20-11/h4-5,8H,6-7H2,1-3H3,(H3,15,16). The lowest BCUT2D eigenvalue weighted by molar-refractivity contribution is 0.832. The zero-order valence-corrected chi connectivity index (χ0v) is 12.8. The molecule has 0 aliphatic rings. The molecule has 20 heavy (non-hydrogen) atoms. The van der Waals surface area contributed by atoms with E-state index < -0.39 is 0 Å². The molecule has 0 radical (unpaired) electrons. The van der Waals surface area contributed by atoms with Gasteiger partial charge in [0.1, 0.15) is 5.84 Å². The van der Waals surface area contributed by atoms with E-state index in [4.69, 9.17) is 11.1 Å². The quantitative estimate of drug-likeness (QED) is 0.653.